The molecule has 0 bridgehead atoms. The van der Waals surface area contributed by atoms with Gasteiger partial charge in [-0.1, -0.05) is 6.07 Å². The van der Waals surface area contributed by atoms with E-state index >= 15 is 0 Å². The molecule has 0 saturated heterocycles. The number of phenols is 1. The van der Waals surface area contributed by atoms with Gasteiger partial charge in [-0.25, -0.2) is 4.98 Å². The SMILES string of the molecule is O=C(Nc1cc(C(F)(F)F)ccn1)c1ccc(B(O)O)c(O)c1. The number of rotatable bonds is 3. The van der Waals surface area contributed by atoms with Crippen molar-refractivity contribution in [3.63, 3.8) is 0 Å². The Kier molecular flexibility index (Phi) is 4.57. The van der Waals surface area contributed by atoms with Crippen LogP contribution in [0.3, 0.4) is 0 Å². The predicted molar refractivity (Wildman–Crippen MR) is 75.1 cm³/mol. The highest BCUT2D eigenvalue weighted by Crippen LogP contribution is 2.30. The summed E-state index contributed by atoms with van der Waals surface area (Å²) < 4.78 is 37.7. The second kappa shape index (κ2) is 6.27. The predicted octanol–water partition coefficient (Wildman–Crippen LogP) is 0.738. The summed E-state index contributed by atoms with van der Waals surface area (Å²) in [5.41, 5.74) is -1.27. The van der Waals surface area contributed by atoms with Gasteiger partial charge >= 0.3 is 13.3 Å². The number of aromatic nitrogens is 1. The van der Waals surface area contributed by atoms with E-state index in [1.54, 1.807) is 0 Å². The summed E-state index contributed by atoms with van der Waals surface area (Å²) in [6.45, 7) is 0. The van der Waals surface area contributed by atoms with Gasteiger partial charge in [0.15, 0.2) is 0 Å². The molecule has 4 N–H and O–H groups in total. The van der Waals surface area contributed by atoms with Crippen LogP contribution >= 0.6 is 0 Å². The third-order valence-corrected chi connectivity index (χ3v) is 2.90. The largest absolute Gasteiger partial charge is 0.508 e. The summed E-state index contributed by atoms with van der Waals surface area (Å²) in [7, 11) is -1.92. The van der Waals surface area contributed by atoms with Gasteiger partial charge in [0.25, 0.3) is 5.91 Å². The number of halogens is 3. The average Bonchev–Trinajstić information content (AvgIpc) is 2.46. The van der Waals surface area contributed by atoms with Crippen LogP contribution in [0.5, 0.6) is 5.75 Å². The molecule has 0 aliphatic heterocycles. The topological polar surface area (TPSA) is 103 Å². The number of amides is 1. The number of carbonyl (C=O) groups is 1. The van der Waals surface area contributed by atoms with Crippen LogP contribution in [0.2, 0.25) is 0 Å². The van der Waals surface area contributed by atoms with Crippen LogP contribution in [-0.2, 0) is 6.18 Å². The Hall–Kier alpha value is -2.59. The third-order valence-electron chi connectivity index (χ3n) is 2.90. The lowest BCUT2D eigenvalue weighted by atomic mass is 9.79. The molecule has 0 unspecified atom stereocenters. The van der Waals surface area contributed by atoms with Crippen LogP contribution < -0.4 is 10.8 Å². The zero-order valence-corrected chi connectivity index (χ0v) is 11.4. The van der Waals surface area contributed by atoms with E-state index in [1.807, 2.05) is 0 Å². The normalized spacial score (nSPS) is 11.2. The quantitative estimate of drug-likeness (QED) is 0.623. The molecule has 10 heteroatoms. The number of hydrogen-bond donors (Lipinski definition) is 4. The molecule has 0 atom stereocenters. The van der Waals surface area contributed by atoms with Gasteiger partial charge < -0.3 is 20.5 Å². The summed E-state index contributed by atoms with van der Waals surface area (Å²) >= 11 is 0. The van der Waals surface area contributed by atoms with Crippen molar-refractivity contribution in [3.05, 3.63) is 47.7 Å². The zero-order chi connectivity index (χ0) is 17.2. The van der Waals surface area contributed by atoms with Gasteiger partial charge in [-0.3, -0.25) is 4.79 Å². The fraction of sp³-hybridized carbons (Fsp3) is 0.0769. The van der Waals surface area contributed by atoms with Gasteiger partial charge in [0.05, 0.1) is 5.56 Å². The van der Waals surface area contributed by atoms with Crippen LogP contribution in [-0.4, -0.2) is 33.2 Å². The third kappa shape index (κ3) is 3.99. The van der Waals surface area contributed by atoms with Crippen molar-refractivity contribution in [3.8, 4) is 5.75 Å². The first-order valence-corrected chi connectivity index (χ1v) is 6.22. The van der Waals surface area contributed by atoms with E-state index in [1.165, 1.54) is 6.07 Å². The monoisotopic (exact) mass is 326 g/mol. The summed E-state index contributed by atoms with van der Waals surface area (Å²) in [5.74, 6) is -1.66. The summed E-state index contributed by atoms with van der Waals surface area (Å²) in [6, 6.07) is 4.67. The first-order chi connectivity index (χ1) is 10.7. The van der Waals surface area contributed by atoms with Crippen molar-refractivity contribution in [2.75, 3.05) is 5.32 Å². The minimum absolute atomic E-state index is 0.0916. The highest BCUT2D eigenvalue weighted by molar-refractivity contribution is 6.59. The van der Waals surface area contributed by atoms with Crippen molar-refractivity contribution in [2.45, 2.75) is 6.18 Å². The lowest BCUT2D eigenvalue weighted by Gasteiger charge is -2.10. The van der Waals surface area contributed by atoms with E-state index in [2.05, 4.69) is 10.3 Å². The average molecular weight is 326 g/mol. The molecular formula is C13H10BF3N2O4. The molecule has 2 aromatic rings. The minimum Gasteiger partial charge on any atom is -0.508 e. The zero-order valence-electron chi connectivity index (χ0n) is 11.4. The van der Waals surface area contributed by atoms with Gasteiger partial charge in [0.2, 0.25) is 0 Å². The number of alkyl halides is 3. The maximum atomic E-state index is 12.6. The highest BCUT2D eigenvalue weighted by Gasteiger charge is 2.30. The number of benzene rings is 1. The molecule has 23 heavy (non-hydrogen) atoms. The van der Waals surface area contributed by atoms with Crippen molar-refractivity contribution < 1.29 is 33.1 Å². The Morgan fingerprint density at radius 1 is 1.17 bits per heavy atom. The molecule has 1 aromatic carbocycles. The number of pyridine rings is 1. The van der Waals surface area contributed by atoms with E-state index in [0.717, 1.165) is 24.4 Å². The van der Waals surface area contributed by atoms with Crippen LogP contribution in [0.1, 0.15) is 15.9 Å². The van der Waals surface area contributed by atoms with Gasteiger partial charge in [0, 0.05) is 17.2 Å². The lowest BCUT2D eigenvalue weighted by molar-refractivity contribution is -0.137. The smallest absolute Gasteiger partial charge is 0.492 e. The molecule has 1 aromatic heterocycles. The van der Waals surface area contributed by atoms with Crippen LogP contribution in [0.15, 0.2) is 36.5 Å². The second-order valence-electron chi connectivity index (χ2n) is 4.53. The van der Waals surface area contributed by atoms with Crippen molar-refractivity contribution in [1.82, 2.24) is 4.98 Å². The van der Waals surface area contributed by atoms with E-state index in [-0.39, 0.29) is 16.8 Å². The Bertz CT molecular complexity index is 737. The first-order valence-electron chi connectivity index (χ1n) is 6.22. The molecule has 1 amide bonds. The van der Waals surface area contributed by atoms with E-state index in [0.29, 0.717) is 6.07 Å². The fourth-order valence-electron chi connectivity index (χ4n) is 1.77. The standard InChI is InChI=1S/C13H10BF3N2O4/c15-13(16,17)8-3-4-18-11(6-8)19-12(21)7-1-2-9(14(22)23)10(20)5-7/h1-6,20,22-23H,(H,18,19,21). The van der Waals surface area contributed by atoms with E-state index in [4.69, 9.17) is 10.0 Å². The molecular weight excluding hydrogens is 316 g/mol. The minimum atomic E-state index is -4.57. The molecule has 0 aliphatic rings. The lowest BCUT2D eigenvalue weighted by Crippen LogP contribution is -2.30. The summed E-state index contributed by atoms with van der Waals surface area (Å²) in [6.07, 6.45) is -3.67. The first kappa shape index (κ1) is 16.8. The van der Waals surface area contributed by atoms with Crippen LogP contribution in [0.25, 0.3) is 0 Å². The summed E-state index contributed by atoms with van der Waals surface area (Å²) in [5, 5.41) is 29.6. The van der Waals surface area contributed by atoms with Crippen molar-refractivity contribution in [1.29, 1.82) is 0 Å². The molecule has 2 rings (SSSR count). The fourth-order valence-corrected chi connectivity index (χ4v) is 1.77. The van der Waals surface area contributed by atoms with E-state index in [9.17, 15) is 23.1 Å². The number of anilines is 1. The van der Waals surface area contributed by atoms with Gasteiger partial charge in [-0.05, 0) is 24.3 Å². The number of phenolic OH excluding ortho intramolecular Hbond substituents is 1. The Labute approximate surface area is 128 Å². The van der Waals surface area contributed by atoms with Gasteiger partial charge in [-0.2, -0.15) is 13.2 Å². The molecule has 0 radical (unpaired) electrons. The maximum Gasteiger partial charge on any atom is 0.492 e. The van der Waals surface area contributed by atoms with Crippen LogP contribution in [0, 0.1) is 0 Å². The number of nitrogens with one attached hydrogen (secondary N) is 1. The molecule has 0 fully saturated rings. The molecule has 6 nitrogen and oxygen atoms in total. The molecule has 0 spiro atoms. The Balaban J connectivity index is 2.21. The Morgan fingerprint density at radius 2 is 1.87 bits per heavy atom. The second-order valence-corrected chi connectivity index (χ2v) is 4.53. The maximum absolute atomic E-state index is 12.6. The summed E-state index contributed by atoms with van der Waals surface area (Å²) in [4.78, 5) is 15.6. The van der Waals surface area contributed by atoms with Crippen molar-refractivity contribution >= 4 is 24.3 Å². The number of nitrogens with zero attached hydrogens (tertiary/aromatic N) is 1. The van der Waals surface area contributed by atoms with Gasteiger partial charge in [0.1, 0.15) is 11.6 Å². The van der Waals surface area contributed by atoms with Crippen LogP contribution in [0.4, 0.5) is 19.0 Å². The van der Waals surface area contributed by atoms with Gasteiger partial charge in [-0.15, -0.1) is 0 Å². The molecule has 120 valence electrons. The molecule has 0 aliphatic carbocycles. The molecule has 0 saturated carbocycles. The van der Waals surface area contributed by atoms with Crippen molar-refractivity contribution in [2.24, 2.45) is 0 Å². The number of aromatic hydroxyl groups is 1. The Morgan fingerprint density at radius 3 is 2.43 bits per heavy atom. The highest BCUT2D eigenvalue weighted by atomic mass is 19.4. The molecule has 1 heterocycles. The van der Waals surface area contributed by atoms with E-state index < -0.39 is 30.5 Å². The number of hydrogen-bond acceptors (Lipinski definition) is 5. The number of carbonyl (C=O) groups excluding carboxylic acids is 1.